The van der Waals surface area contributed by atoms with Crippen molar-refractivity contribution in [2.75, 3.05) is 9.80 Å². The van der Waals surface area contributed by atoms with Crippen LogP contribution < -0.4 is 9.80 Å². The van der Waals surface area contributed by atoms with Gasteiger partial charge >= 0.3 is 0 Å². The number of rotatable bonds is 6. The number of hydrogen-bond donors (Lipinski definition) is 0. The zero-order valence-electron chi connectivity index (χ0n) is 40.2. The molecule has 0 spiro atoms. The summed E-state index contributed by atoms with van der Waals surface area (Å²) in [6.07, 6.45) is 9.26. The maximum Gasteiger partial charge on any atom is 0.0546 e. The normalized spacial score (nSPS) is 18.2. The summed E-state index contributed by atoms with van der Waals surface area (Å²) in [6, 6.07) is 50.9. The van der Waals surface area contributed by atoms with Crippen LogP contribution in [0.5, 0.6) is 0 Å². The molecular weight excluding hydrogens is 785 g/mol. The Labute approximate surface area is 387 Å². The van der Waals surface area contributed by atoms with Crippen molar-refractivity contribution in [2.24, 2.45) is 0 Å². The monoisotopic (exact) mass is 849 g/mol. The molecule has 0 radical (unpaired) electrons. The molecule has 0 aromatic heterocycles. The fourth-order valence-corrected chi connectivity index (χ4v) is 12.9. The third kappa shape index (κ3) is 6.33. The van der Waals surface area contributed by atoms with E-state index < -0.39 is 0 Å². The van der Waals surface area contributed by atoms with E-state index in [9.17, 15) is 0 Å². The Morgan fingerprint density at radius 3 is 1.23 bits per heavy atom. The first-order chi connectivity index (χ1) is 31.1. The molecule has 2 nitrogen and oxygen atoms in total. The molecule has 65 heavy (non-hydrogen) atoms. The molecule has 0 heterocycles. The molecule has 4 aliphatic rings. The summed E-state index contributed by atoms with van der Waals surface area (Å²) < 4.78 is 0. The largest absolute Gasteiger partial charge is 0.310 e. The van der Waals surface area contributed by atoms with Crippen molar-refractivity contribution >= 4 is 66.4 Å². The summed E-state index contributed by atoms with van der Waals surface area (Å²) in [5.74, 6) is 0. The quantitative estimate of drug-likeness (QED) is 0.154. The van der Waals surface area contributed by atoms with Crippen molar-refractivity contribution in [1.29, 1.82) is 0 Å². The van der Waals surface area contributed by atoms with E-state index in [1.165, 1.54) is 142 Å². The Bertz CT molecular complexity index is 3230. The van der Waals surface area contributed by atoms with Gasteiger partial charge in [-0.1, -0.05) is 122 Å². The van der Waals surface area contributed by atoms with Gasteiger partial charge < -0.3 is 9.80 Å². The maximum atomic E-state index is 2.60. The lowest BCUT2D eigenvalue weighted by Gasteiger charge is -2.31. The van der Waals surface area contributed by atoms with Gasteiger partial charge in [0, 0.05) is 33.5 Å². The number of anilines is 6. The molecule has 0 atom stereocenters. The van der Waals surface area contributed by atoms with E-state index in [0.717, 1.165) is 25.7 Å². The molecule has 0 fully saturated rings. The molecule has 2 heteroatoms. The van der Waals surface area contributed by atoms with Gasteiger partial charge in [-0.05, 0) is 213 Å². The Kier molecular flexibility index (Phi) is 8.80. The van der Waals surface area contributed by atoms with Crippen LogP contribution in [-0.2, 0) is 47.3 Å². The summed E-state index contributed by atoms with van der Waals surface area (Å²) in [5, 5.41) is 7.70. The molecule has 8 aromatic carbocycles. The van der Waals surface area contributed by atoms with Crippen LogP contribution in [0.3, 0.4) is 0 Å². The standard InChI is InChI=1S/C63H64N2/c1-39-14-20-49-52-37-58(65(46-19-23-56-43(35-46)27-31-62(56,6)7)47-16-15-40-24-28-63(8,9)57(40)36-47)50-13-11-10-12-48(50)51(52)38-59(53(49)32-39)64(44-17-21-54-41(33-44)25-29-60(54,2)3)45-18-22-55-42(34-45)26-30-61(55,4)5/h10-23,32-38H,24-31H2,1-9H3. The predicted molar refractivity (Wildman–Crippen MR) is 278 cm³/mol. The average Bonchev–Trinajstić information content (AvgIpc) is 3.98. The number of hydrogen-bond acceptors (Lipinski definition) is 2. The minimum atomic E-state index is 0.144. The van der Waals surface area contributed by atoms with Crippen LogP contribution in [0.15, 0.2) is 127 Å². The Morgan fingerprint density at radius 2 is 0.723 bits per heavy atom. The van der Waals surface area contributed by atoms with E-state index in [0.29, 0.717) is 0 Å². The number of aryl methyl sites for hydroxylation is 5. The molecule has 0 bridgehead atoms. The van der Waals surface area contributed by atoms with E-state index >= 15 is 0 Å². The minimum Gasteiger partial charge on any atom is -0.310 e. The summed E-state index contributed by atoms with van der Waals surface area (Å²) in [6.45, 7) is 21.6. The van der Waals surface area contributed by atoms with E-state index in [1.54, 1.807) is 0 Å². The lowest BCUT2D eigenvalue weighted by Crippen LogP contribution is -2.16. The van der Waals surface area contributed by atoms with Gasteiger partial charge in [0.15, 0.2) is 0 Å². The summed E-state index contributed by atoms with van der Waals surface area (Å²) in [5.41, 5.74) is 21.4. The van der Waals surface area contributed by atoms with Gasteiger partial charge in [0.2, 0.25) is 0 Å². The van der Waals surface area contributed by atoms with Gasteiger partial charge in [-0.2, -0.15) is 0 Å². The third-order valence-electron chi connectivity index (χ3n) is 17.0. The zero-order valence-corrected chi connectivity index (χ0v) is 40.2. The first kappa shape index (κ1) is 40.6. The van der Waals surface area contributed by atoms with E-state index in [4.69, 9.17) is 0 Å². The highest BCUT2D eigenvalue weighted by Gasteiger charge is 2.35. The predicted octanol–water partition coefficient (Wildman–Crippen LogP) is 17.3. The van der Waals surface area contributed by atoms with Crippen LogP contribution in [0.1, 0.15) is 131 Å². The summed E-state index contributed by atoms with van der Waals surface area (Å²) >= 11 is 0. The first-order valence-corrected chi connectivity index (χ1v) is 24.6. The topological polar surface area (TPSA) is 6.48 Å². The zero-order chi connectivity index (χ0) is 44.8. The highest BCUT2D eigenvalue weighted by molar-refractivity contribution is 6.24. The van der Waals surface area contributed by atoms with Crippen molar-refractivity contribution in [1.82, 2.24) is 0 Å². The average molecular weight is 849 g/mol. The van der Waals surface area contributed by atoms with E-state index in [-0.39, 0.29) is 21.7 Å². The number of fused-ring (bicyclic) bond motifs is 9. The SMILES string of the molecule is Cc1ccc2c(c1)c(N(c1ccc3c(c1)CCC3(C)C)c1ccc3c(c1)CCC3(C)C)cc1c3ccccc3c(N(c3ccc4c(c3)CCC4(C)C)c3ccc4c(c3)C(C)(C)CC4)cc21. The molecule has 326 valence electrons. The Hall–Kier alpha value is -5.86. The van der Waals surface area contributed by atoms with Crippen LogP contribution in [0.25, 0.3) is 32.3 Å². The smallest absolute Gasteiger partial charge is 0.0546 e. The van der Waals surface area contributed by atoms with Crippen molar-refractivity contribution < 1.29 is 0 Å². The van der Waals surface area contributed by atoms with Gasteiger partial charge in [-0.25, -0.2) is 0 Å². The molecule has 8 aromatic rings. The molecule has 0 saturated heterocycles. The molecular formula is C63H64N2. The lowest BCUT2D eigenvalue weighted by atomic mass is 9.86. The molecule has 0 N–H and O–H groups in total. The number of nitrogens with zero attached hydrogens (tertiary/aromatic N) is 2. The van der Waals surface area contributed by atoms with E-state index in [2.05, 4.69) is 200 Å². The van der Waals surface area contributed by atoms with Gasteiger partial charge in [-0.3, -0.25) is 0 Å². The fourth-order valence-electron chi connectivity index (χ4n) is 12.9. The van der Waals surface area contributed by atoms with Gasteiger partial charge in [0.05, 0.1) is 11.4 Å². The first-order valence-electron chi connectivity index (χ1n) is 24.6. The minimum absolute atomic E-state index is 0.144. The molecule has 0 saturated carbocycles. The van der Waals surface area contributed by atoms with Crippen molar-refractivity contribution in [3.63, 3.8) is 0 Å². The van der Waals surface area contributed by atoms with Crippen LogP contribution in [0.4, 0.5) is 34.1 Å². The van der Waals surface area contributed by atoms with Crippen LogP contribution >= 0.6 is 0 Å². The molecule has 0 aliphatic heterocycles. The maximum absolute atomic E-state index is 2.60. The highest BCUT2D eigenvalue weighted by Crippen LogP contribution is 2.52. The molecule has 4 aliphatic carbocycles. The summed E-state index contributed by atoms with van der Waals surface area (Å²) in [7, 11) is 0. The van der Waals surface area contributed by atoms with Gasteiger partial charge in [-0.15, -0.1) is 0 Å². The second-order valence-corrected chi connectivity index (χ2v) is 23.1. The van der Waals surface area contributed by atoms with Crippen LogP contribution in [0.2, 0.25) is 0 Å². The molecule has 0 amide bonds. The summed E-state index contributed by atoms with van der Waals surface area (Å²) in [4.78, 5) is 5.20. The van der Waals surface area contributed by atoms with E-state index in [1.807, 2.05) is 0 Å². The number of benzene rings is 8. The van der Waals surface area contributed by atoms with Gasteiger partial charge in [0.1, 0.15) is 0 Å². The van der Waals surface area contributed by atoms with Crippen LogP contribution in [0, 0.1) is 6.92 Å². The lowest BCUT2D eigenvalue weighted by molar-refractivity contribution is 0.522. The second kappa shape index (κ2) is 14.1. The van der Waals surface area contributed by atoms with Gasteiger partial charge in [0.25, 0.3) is 0 Å². The van der Waals surface area contributed by atoms with Crippen molar-refractivity contribution in [2.45, 2.75) is 135 Å². The Balaban J connectivity index is 1.13. The third-order valence-corrected chi connectivity index (χ3v) is 17.0. The van der Waals surface area contributed by atoms with Crippen molar-refractivity contribution in [3.05, 3.63) is 177 Å². The van der Waals surface area contributed by atoms with Crippen LogP contribution in [-0.4, -0.2) is 0 Å². The van der Waals surface area contributed by atoms with Crippen molar-refractivity contribution in [3.8, 4) is 0 Å². The Morgan fingerprint density at radius 1 is 0.323 bits per heavy atom. The highest BCUT2D eigenvalue weighted by atomic mass is 15.2. The molecule has 12 rings (SSSR count). The molecule has 0 unspecified atom stereocenters. The fraction of sp³-hybridized carbons (Fsp3) is 0.333. The second-order valence-electron chi connectivity index (χ2n) is 23.1.